The molecule has 0 atom stereocenters. The van der Waals surface area contributed by atoms with Gasteiger partial charge in [0, 0.05) is 0 Å². The number of hydrogen-bond donors (Lipinski definition) is 1. The third-order valence-corrected chi connectivity index (χ3v) is 0. The van der Waals surface area contributed by atoms with E-state index in [0.717, 1.165) is 0 Å². The van der Waals surface area contributed by atoms with Crippen LogP contribution < -0.4 is 127 Å². The van der Waals surface area contributed by atoms with Crippen LogP contribution in [0.1, 0.15) is 0 Å². The molecule has 0 aliphatic carbocycles. The SMILES string of the molecule is O=C([O-])[O-].O=P([O-])([O-])[O-].O=P([O-])([O-])[O-].[K+].[NH4+].[Na+]. The van der Waals surface area contributed by atoms with E-state index in [1.807, 2.05) is 0 Å². The Morgan fingerprint density at radius 1 is 0.765 bits per heavy atom. The minimum absolute atomic E-state index is 0. The first-order chi connectivity index (χ1) is 5.73. The molecule has 12 nitrogen and oxygen atoms in total. The fourth-order valence-corrected chi connectivity index (χ4v) is 0. The van der Waals surface area contributed by atoms with Crippen molar-refractivity contribution in [2.24, 2.45) is 0 Å². The Morgan fingerprint density at radius 2 is 0.765 bits per heavy atom. The quantitative estimate of drug-likeness (QED) is 0.321. The fourth-order valence-electron chi connectivity index (χ4n) is 0. The van der Waals surface area contributed by atoms with Gasteiger partial charge in [-0.15, -0.1) is 0 Å². The summed E-state index contributed by atoms with van der Waals surface area (Å²) in [4.78, 5) is 59.6. The molecular formula is CH4KNNaO11P2-5. The Hall–Kier alpha value is 2.09. The smallest absolute Gasteiger partial charge is 0.822 e. The van der Waals surface area contributed by atoms with Crippen LogP contribution in [0, 0.1) is 0 Å². The van der Waals surface area contributed by atoms with E-state index in [9.17, 15) is 0 Å². The summed E-state index contributed by atoms with van der Waals surface area (Å²) in [5.41, 5.74) is 0. The maximum Gasteiger partial charge on any atom is 1.00 e. The number of rotatable bonds is 0. The van der Waals surface area contributed by atoms with Crippen LogP contribution in [0.15, 0.2) is 0 Å². The molecule has 16 heteroatoms. The van der Waals surface area contributed by atoms with E-state index in [4.69, 9.17) is 53.5 Å². The summed E-state index contributed by atoms with van der Waals surface area (Å²) in [6, 6.07) is 0. The topological polar surface area (TPSA) is 272 Å². The second kappa shape index (κ2) is 18.1. The van der Waals surface area contributed by atoms with Gasteiger partial charge in [-0.25, -0.2) is 0 Å². The Morgan fingerprint density at radius 3 is 0.765 bits per heavy atom. The molecule has 0 bridgehead atoms. The van der Waals surface area contributed by atoms with Crippen molar-refractivity contribution in [2.45, 2.75) is 0 Å². The van der Waals surface area contributed by atoms with Gasteiger partial charge in [-0.1, -0.05) is 0 Å². The molecule has 0 aromatic heterocycles. The first kappa shape index (κ1) is 36.5. The normalized spacial score (nSPS) is 8.35. The Balaban J connectivity index is -0.0000000247. The molecule has 0 fully saturated rings. The molecule has 96 valence electrons. The molecule has 0 amide bonds. The molecule has 0 saturated carbocycles. The summed E-state index contributed by atoms with van der Waals surface area (Å²) < 4.78 is 17.1. The molecule has 4 N–H and O–H groups in total. The molecule has 0 unspecified atom stereocenters. The van der Waals surface area contributed by atoms with Crippen LogP contribution in [0.5, 0.6) is 0 Å². The maximum absolute atomic E-state index is 8.55. The second-order valence-corrected chi connectivity index (χ2v) is 2.93. The van der Waals surface area contributed by atoms with Crippen molar-refractivity contribution in [1.82, 2.24) is 6.15 Å². The van der Waals surface area contributed by atoms with Crippen LogP contribution in [0.2, 0.25) is 0 Å². The predicted molar refractivity (Wildman–Crippen MR) is 26.6 cm³/mol. The van der Waals surface area contributed by atoms with E-state index >= 15 is 0 Å². The molecule has 0 heterocycles. The summed E-state index contributed by atoms with van der Waals surface area (Å²) in [5, 5.41) is 16.7. The number of carboxylic acid groups (broad SMARTS) is 2. The van der Waals surface area contributed by atoms with Crippen LogP contribution in [0.4, 0.5) is 4.79 Å². The zero-order chi connectivity index (χ0) is 12.6. The van der Waals surface area contributed by atoms with E-state index in [1.165, 1.54) is 0 Å². The van der Waals surface area contributed by atoms with Gasteiger partial charge < -0.3 is 59.6 Å². The number of carbonyl (C=O) groups is 1. The van der Waals surface area contributed by atoms with Crippen molar-refractivity contribution < 1.29 is 134 Å². The maximum atomic E-state index is 8.55. The molecule has 0 rings (SSSR count). The summed E-state index contributed by atoms with van der Waals surface area (Å²) in [6.07, 6.45) is -2.33. The third-order valence-electron chi connectivity index (χ3n) is 0. The summed E-state index contributed by atoms with van der Waals surface area (Å²) in [7, 11) is -10.8. The van der Waals surface area contributed by atoms with Crippen LogP contribution in [0.3, 0.4) is 0 Å². The largest absolute Gasteiger partial charge is 1.00 e. The Labute approximate surface area is 160 Å². The third kappa shape index (κ3) is 1080. The Bertz CT molecular complexity index is 205. The summed E-state index contributed by atoms with van der Waals surface area (Å²) >= 11 is 0. The zero-order valence-corrected chi connectivity index (χ0v) is 15.8. The monoisotopic (exact) mass is 330 g/mol. The van der Waals surface area contributed by atoms with Crippen molar-refractivity contribution in [2.75, 3.05) is 0 Å². The second-order valence-electron chi connectivity index (χ2n) is 1.14. The number of phosphoric acid groups is 2. The van der Waals surface area contributed by atoms with Gasteiger partial charge in [-0.3, -0.25) is 0 Å². The number of quaternary nitrogens is 1. The van der Waals surface area contributed by atoms with Gasteiger partial charge in [0.25, 0.3) is 0 Å². The van der Waals surface area contributed by atoms with Gasteiger partial charge in [0.15, 0.2) is 0 Å². The van der Waals surface area contributed by atoms with Gasteiger partial charge >= 0.3 is 80.9 Å². The first-order valence-corrected chi connectivity index (χ1v) is 4.99. The van der Waals surface area contributed by atoms with Crippen LogP contribution in [-0.2, 0) is 9.13 Å². The average Bonchev–Trinajstić information content (AvgIpc) is 1.45. The van der Waals surface area contributed by atoms with Crippen LogP contribution in [-0.4, -0.2) is 6.16 Å². The summed E-state index contributed by atoms with van der Waals surface area (Å²) in [5.74, 6) is 0. The van der Waals surface area contributed by atoms with Gasteiger partial charge in [-0.2, -0.15) is 15.6 Å². The summed E-state index contributed by atoms with van der Waals surface area (Å²) in [6.45, 7) is 0. The van der Waals surface area contributed by atoms with E-state index in [-0.39, 0.29) is 87.1 Å². The Kier molecular flexibility index (Phi) is 38.8. The minimum Gasteiger partial charge on any atom is -0.822 e. The standard InChI is InChI=1S/CH2O3.K.H3N.Na.2H3O4P/c2-1(3)4;;;;2*1-5(2,3)4/h(H2,2,3,4);;1H3;;2*(H3,1,2,3,4)/q;+1;;+1;;/p-7. The van der Waals surface area contributed by atoms with Crippen molar-refractivity contribution in [1.29, 1.82) is 0 Å². The van der Waals surface area contributed by atoms with E-state index < -0.39 is 21.8 Å². The van der Waals surface area contributed by atoms with Gasteiger partial charge in [0.2, 0.25) is 0 Å². The van der Waals surface area contributed by atoms with E-state index in [0.29, 0.717) is 0 Å². The molecule has 0 saturated heterocycles. The number of carbonyl (C=O) groups excluding carboxylic acids is 1. The van der Waals surface area contributed by atoms with Gasteiger partial charge in [0.1, 0.15) is 0 Å². The van der Waals surface area contributed by atoms with Crippen LogP contribution >= 0.6 is 15.6 Å². The zero-order valence-electron chi connectivity index (χ0n) is 8.89. The molecule has 0 spiro atoms. The van der Waals surface area contributed by atoms with Crippen molar-refractivity contribution in [3.63, 3.8) is 0 Å². The van der Waals surface area contributed by atoms with Gasteiger partial charge in [-0.05, 0) is 6.16 Å². The van der Waals surface area contributed by atoms with E-state index in [1.54, 1.807) is 0 Å². The molecule has 0 aliphatic rings. The van der Waals surface area contributed by atoms with Gasteiger partial charge in [0.05, 0.1) is 0 Å². The van der Waals surface area contributed by atoms with Crippen molar-refractivity contribution in [3.8, 4) is 0 Å². The minimum atomic E-state index is -5.39. The van der Waals surface area contributed by atoms with Crippen molar-refractivity contribution in [3.05, 3.63) is 0 Å². The van der Waals surface area contributed by atoms with Crippen LogP contribution in [0.25, 0.3) is 0 Å². The first-order valence-electron chi connectivity index (χ1n) is 2.07. The fraction of sp³-hybridized carbons (Fsp3) is 0. The molecule has 0 radical (unpaired) electrons. The molecular weight excluding hydrogens is 326 g/mol. The number of hydrogen-bond acceptors (Lipinski definition) is 11. The molecule has 0 aromatic rings. The van der Waals surface area contributed by atoms with Crippen molar-refractivity contribution >= 4 is 21.8 Å². The molecule has 17 heavy (non-hydrogen) atoms. The molecule has 0 aromatic carbocycles. The average molecular weight is 330 g/mol. The predicted octanol–water partition coefficient (Wildman–Crippen LogP) is -13.7. The van der Waals surface area contributed by atoms with E-state index in [2.05, 4.69) is 0 Å². The molecule has 0 aliphatic heterocycles.